The maximum atomic E-state index is 5.61. The van der Waals surface area contributed by atoms with Crippen molar-refractivity contribution in [2.24, 2.45) is 11.3 Å². The van der Waals surface area contributed by atoms with Crippen LogP contribution in [-0.2, 0) is 11.3 Å². The Morgan fingerprint density at radius 1 is 1.33 bits per heavy atom. The number of methoxy groups -OCH3 is 1. The number of piperidine rings is 1. The second-order valence-corrected chi connectivity index (χ2v) is 9.23. The van der Waals surface area contributed by atoms with Crippen LogP contribution in [0.1, 0.15) is 42.8 Å². The number of ether oxygens (including phenoxy) is 1. The predicted octanol–water partition coefficient (Wildman–Crippen LogP) is 3.16. The average molecular weight is 350 g/mol. The van der Waals surface area contributed by atoms with E-state index in [0.717, 1.165) is 19.2 Å². The van der Waals surface area contributed by atoms with E-state index in [1.54, 1.807) is 11.3 Å². The third kappa shape index (κ3) is 3.28. The van der Waals surface area contributed by atoms with Crippen molar-refractivity contribution in [1.29, 1.82) is 0 Å². The van der Waals surface area contributed by atoms with Crippen molar-refractivity contribution in [3.63, 3.8) is 0 Å². The Balaban J connectivity index is 1.41. The fourth-order valence-corrected chi connectivity index (χ4v) is 5.66. The summed E-state index contributed by atoms with van der Waals surface area (Å²) >= 11 is 1.77. The van der Waals surface area contributed by atoms with Gasteiger partial charge in [0.2, 0.25) is 0 Å². The van der Waals surface area contributed by atoms with Gasteiger partial charge in [-0.15, -0.1) is 11.3 Å². The molecule has 1 saturated carbocycles. The molecule has 0 unspecified atom stereocenters. The van der Waals surface area contributed by atoms with Crippen LogP contribution in [0, 0.1) is 18.3 Å². The molecule has 1 atom stereocenters. The molecule has 24 heavy (non-hydrogen) atoms. The molecule has 3 fully saturated rings. The number of nitrogens with zero attached hydrogens (tertiary/aromatic N) is 3. The average Bonchev–Trinajstić information content (AvgIpc) is 3.05. The van der Waals surface area contributed by atoms with Crippen LogP contribution >= 0.6 is 11.3 Å². The summed E-state index contributed by atoms with van der Waals surface area (Å²) in [5.41, 5.74) is 1.72. The van der Waals surface area contributed by atoms with Crippen LogP contribution in [0.4, 0.5) is 0 Å². The largest absolute Gasteiger partial charge is 0.384 e. The van der Waals surface area contributed by atoms with Crippen LogP contribution in [-0.4, -0.2) is 60.7 Å². The minimum Gasteiger partial charge on any atom is -0.384 e. The number of aryl methyl sites for hydroxylation is 1. The Bertz CT molecular complexity index is 549. The highest BCUT2D eigenvalue weighted by Crippen LogP contribution is 2.46. The SMILES string of the molecule is COC[C@H]1CN(Cc2csc(C)n2)CC12CCN(C1CCC1)CC2. The van der Waals surface area contributed by atoms with Gasteiger partial charge in [-0.1, -0.05) is 6.42 Å². The highest BCUT2D eigenvalue weighted by Gasteiger charge is 2.48. The molecular weight excluding hydrogens is 318 g/mol. The Labute approximate surface area is 150 Å². The van der Waals surface area contributed by atoms with Gasteiger partial charge in [0.05, 0.1) is 17.3 Å². The molecule has 1 aromatic rings. The number of hydrogen-bond acceptors (Lipinski definition) is 5. The molecule has 0 bridgehead atoms. The van der Waals surface area contributed by atoms with E-state index in [-0.39, 0.29) is 0 Å². The third-order valence-electron chi connectivity index (χ3n) is 6.69. The number of rotatable bonds is 5. The van der Waals surface area contributed by atoms with Crippen molar-refractivity contribution in [3.8, 4) is 0 Å². The highest BCUT2D eigenvalue weighted by atomic mass is 32.1. The summed E-state index contributed by atoms with van der Waals surface area (Å²) in [5.74, 6) is 0.686. The van der Waals surface area contributed by atoms with Crippen molar-refractivity contribution in [2.75, 3.05) is 39.9 Å². The fourth-order valence-electron chi connectivity index (χ4n) is 5.06. The number of hydrogen-bond donors (Lipinski definition) is 0. The van der Waals surface area contributed by atoms with Gasteiger partial charge in [-0.05, 0) is 51.1 Å². The lowest BCUT2D eigenvalue weighted by molar-refractivity contribution is 0.00817. The van der Waals surface area contributed by atoms with Crippen molar-refractivity contribution in [2.45, 2.75) is 51.6 Å². The zero-order valence-corrected chi connectivity index (χ0v) is 16.0. The van der Waals surface area contributed by atoms with Crippen LogP contribution in [0.25, 0.3) is 0 Å². The molecule has 0 aromatic carbocycles. The Morgan fingerprint density at radius 2 is 2.12 bits per heavy atom. The molecule has 1 spiro atoms. The molecule has 3 aliphatic rings. The van der Waals surface area contributed by atoms with Crippen molar-refractivity contribution in [1.82, 2.24) is 14.8 Å². The van der Waals surface area contributed by atoms with E-state index < -0.39 is 0 Å². The van der Waals surface area contributed by atoms with E-state index >= 15 is 0 Å². The minimum atomic E-state index is 0.474. The Hall–Kier alpha value is -0.490. The van der Waals surface area contributed by atoms with Gasteiger partial charge in [0.15, 0.2) is 0 Å². The first kappa shape index (κ1) is 17.0. The number of likely N-dealkylation sites (tertiary alicyclic amines) is 2. The molecule has 2 aliphatic heterocycles. The first-order valence-corrected chi connectivity index (χ1v) is 10.4. The van der Waals surface area contributed by atoms with E-state index in [2.05, 4.69) is 27.1 Å². The maximum absolute atomic E-state index is 5.61. The van der Waals surface area contributed by atoms with Gasteiger partial charge < -0.3 is 9.64 Å². The van der Waals surface area contributed by atoms with Gasteiger partial charge in [0.1, 0.15) is 0 Å². The van der Waals surface area contributed by atoms with Crippen LogP contribution in [0.2, 0.25) is 0 Å². The molecule has 1 aromatic heterocycles. The summed E-state index contributed by atoms with van der Waals surface area (Å²) in [7, 11) is 1.86. The Morgan fingerprint density at radius 3 is 2.71 bits per heavy atom. The van der Waals surface area contributed by atoms with Crippen LogP contribution in [0.5, 0.6) is 0 Å². The van der Waals surface area contributed by atoms with Crippen LogP contribution in [0.15, 0.2) is 5.38 Å². The van der Waals surface area contributed by atoms with E-state index in [0.29, 0.717) is 11.3 Å². The van der Waals surface area contributed by atoms with Gasteiger partial charge in [-0.3, -0.25) is 4.90 Å². The van der Waals surface area contributed by atoms with E-state index in [9.17, 15) is 0 Å². The Kier molecular flexibility index (Phi) is 4.96. The summed E-state index contributed by atoms with van der Waals surface area (Å²) in [6.07, 6.45) is 7.02. The molecule has 134 valence electrons. The lowest BCUT2D eigenvalue weighted by Crippen LogP contribution is -2.50. The molecule has 4 rings (SSSR count). The lowest BCUT2D eigenvalue weighted by Gasteiger charge is -2.47. The van der Waals surface area contributed by atoms with Crippen molar-refractivity contribution >= 4 is 11.3 Å². The number of aromatic nitrogens is 1. The van der Waals surface area contributed by atoms with Gasteiger partial charge in [0, 0.05) is 44.1 Å². The smallest absolute Gasteiger partial charge is 0.0897 e. The van der Waals surface area contributed by atoms with Gasteiger partial charge in [-0.2, -0.15) is 0 Å². The summed E-state index contributed by atoms with van der Waals surface area (Å²) < 4.78 is 5.61. The van der Waals surface area contributed by atoms with Gasteiger partial charge in [-0.25, -0.2) is 4.98 Å². The molecule has 1 aliphatic carbocycles. The molecular formula is C19H31N3OS. The number of thiazole rings is 1. The topological polar surface area (TPSA) is 28.6 Å². The molecule has 2 saturated heterocycles. The van der Waals surface area contributed by atoms with Gasteiger partial charge >= 0.3 is 0 Å². The second-order valence-electron chi connectivity index (χ2n) is 8.16. The normalized spacial score (nSPS) is 28.5. The first-order chi connectivity index (χ1) is 11.7. The van der Waals surface area contributed by atoms with E-state index in [1.807, 2.05) is 7.11 Å². The molecule has 4 nitrogen and oxygen atoms in total. The van der Waals surface area contributed by atoms with Gasteiger partial charge in [0.25, 0.3) is 0 Å². The molecule has 5 heteroatoms. The highest BCUT2D eigenvalue weighted by molar-refractivity contribution is 7.09. The van der Waals surface area contributed by atoms with Crippen molar-refractivity contribution in [3.05, 3.63) is 16.1 Å². The van der Waals surface area contributed by atoms with E-state index in [4.69, 9.17) is 4.74 Å². The molecule has 0 amide bonds. The molecule has 3 heterocycles. The zero-order valence-electron chi connectivity index (χ0n) is 15.2. The lowest BCUT2D eigenvalue weighted by atomic mass is 9.70. The maximum Gasteiger partial charge on any atom is 0.0897 e. The zero-order chi connectivity index (χ0) is 16.6. The summed E-state index contributed by atoms with van der Waals surface area (Å²) in [5, 5.41) is 3.41. The minimum absolute atomic E-state index is 0.474. The molecule has 0 N–H and O–H groups in total. The van der Waals surface area contributed by atoms with Crippen LogP contribution < -0.4 is 0 Å². The molecule has 0 radical (unpaired) electrons. The monoisotopic (exact) mass is 349 g/mol. The predicted molar refractivity (Wildman–Crippen MR) is 98.4 cm³/mol. The second kappa shape index (κ2) is 7.02. The van der Waals surface area contributed by atoms with E-state index in [1.165, 1.54) is 69.0 Å². The summed E-state index contributed by atoms with van der Waals surface area (Å²) in [4.78, 5) is 10.1. The van der Waals surface area contributed by atoms with Crippen molar-refractivity contribution < 1.29 is 4.74 Å². The fraction of sp³-hybridized carbons (Fsp3) is 0.842. The first-order valence-electron chi connectivity index (χ1n) is 9.55. The van der Waals surface area contributed by atoms with Crippen LogP contribution in [0.3, 0.4) is 0 Å². The summed E-state index contributed by atoms with van der Waals surface area (Å²) in [6, 6.07) is 0.902. The standard InChI is InChI=1S/C19H31N3OS/c1-15-20-17(13-24-15)11-21-10-16(12-23-2)19(14-21)6-8-22(9-7-19)18-4-3-5-18/h13,16,18H,3-12,14H2,1-2H3/t16-/m1/s1. The summed E-state index contributed by atoms with van der Waals surface area (Å²) in [6.45, 7) is 9.03. The third-order valence-corrected chi connectivity index (χ3v) is 7.51. The quantitative estimate of drug-likeness (QED) is 0.816.